The number of carbonyl (C=O) groups excluding carboxylic acids is 1. The number of nitrogens with two attached hydrogens (primary N) is 1. The molecule has 4 rings (SSSR count). The first kappa shape index (κ1) is 16.7. The summed E-state index contributed by atoms with van der Waals surface area (Å²) in [4.78, 5) is 23.8. The second-order valence-corrected chi connectivity index (χ2v) is 6.12. The lowest BCUT2D eigenvalue weighted by atomic mass is 9.91. The molecule has 0 aliphatic carbocycles. The van der Waals surface area contributed by atoms with E-state index in [9.17, 15) is 4.79 Å². The monoisotopic (exact) mass is 358 g/mol. The van der Waals surface area contributed by atoms with Gasteiger partial charge in [0.15, 0.2) is 5.65 Å². The Labute approximate surface area is 155 Å². The highest BCUT2D eigenvalue weighted by Gasteiger charge is 2.15. The molecule has 7 nitrogen and oxygen atoms in total. The minimum Gasteiger partial charge on any atom is -0.363 e. The predicted molar refractivity (Wildman–Crippen MR) is 103 cm³/mol. The highest BCUT2D eigenvalue weighted by atomic mass is 16.1. The van der Waals surface area contributed by atoms with Crippen molar-refractivity contribution in [2.45, 2.75) is 5.92 Å². The molecule has 0 radical (unpaired) electrons. The first-order valence-corrected chi connectivity index (χ1v) is 8.56. The van der Waals surface area contributed by atoms with Gasteiger partial charge in [0, 0.05) is 12.5 Å². The van der Waals surface area contributed by atoms with Crippen LogP contribution in [0.1, 0.15) is 27.7 Å². The summed E-state index contributed by atoms with van der Waals surface area (Å²) in [5.41, 5.74) is 12.1. The van der Waals surface area contributed by atoms with Crippen molar-refractivity contribution in [3.8, 4) is 0 Å². The smallest absolute Gasteiger partial charge is 0.286 e. The van der Waals surface area contributed by atoms with Crippen molar-refractivity contribution in [1.82, 2.24) is 19.6 Å². The summed E-state index contributed by atoms with van der Waals surface area (Å²) < 4.78 is 1.70. The largest absolute Gasteiger partial charge is 0.363 e. The van der Waals surface area contributed by atoms with Crippen LogP contribution in [0.4, 0.5) is 0 Å². The Hall–Kier alpha value is -3.74. The number of carbonyl (C=O) groups is 1. The lowest BCUT2D eigenvalue weighted by Crippen LogP contribution is -2.22. The Kier molecular flexibility index (Phi) is 4.49. The van der Waals surface area contributed by atoms with Crippen molar-refractivity contribution in [2.75, 3.05) is 12.0 Å². The van der Waals surface area contributed by atoms with Crippen molar-refractivity contribution in [2.24, 2.45) is 5.73 Å². The maximum atomic E-state index is 11.4. The third-order valence-corrected chi connectivity index (χ3v) is 4.38. The summed E-state index contributed by atoms with van der Waals surface area (Å²) in [6.07, 6.45) is 3.11. The summed E-state index contributed by atoms with van der Waals surface area (Å²) in [5.74, 6) is -0.563. The molecule has 3 N–H and O–H groups in total. The van der Waals surface area contributed by atoms with Crippen LogP contribution < -0.4 is 11.2 Å². The number of amides is 1. The van der Waals surface area contributed by atoms with Gasteiger partial charge in [-0.1, -0.05) is 60.7 Å². The van der Waals surface area contributed by atoms with E-state index in [1.54, 1.807) is 11.0 Å². The van der Waals surface area contributed by atoms with E-state index >= 15 is 0 Å². The molecule has 1 amide bonds. The van der Waals surface area contributed by atoms with E-state index in [1.807, 2.05) is 36.4 Å². The van der Waals surface area contributed by atoms with Gasteiger partial charge in [0.2, 0.25) is 5.82 Å². The van der Waals surface area contributed by atoms with Gasteiger partial charge in [-0.3, -0.25) is 4.79 Å². The Morgan fingerprint density at radius 2 is 1.63 bits per heavy atom. The summed E-state index contributed by atoms with van der Waals surface area (Å²) in [6.45, 7) is 0.620. The fourth-order valence-corrected chi connectivity index (χ4v) is 3.03. The standard InChI is InChI=1S/C20H18N6O/c21-18(27)19-22-12-17-20(25-19)26(13-23-17)24-11-16(14-7-3-1-4-8-14)15-9-5-2-6-10-15/h1-10,12-13,16,24H,11H2,(H2,21,27). The minimum absolute atomic E-state index is 0.0336. The summed E-state index contributed by atoms with van der Waals surface area (Å²) in [6, 6.07) is 20.6. The van der Waals surface area contributed by atoms with Crippen LogP contribution in [0.3, 0.4) is 0 Å². The Bertz CT molecular complexity index is 1020. The number of primary amides is 1. The number of benzene rings is 2. The quantitative estimate of drug-likeness (QED) is 0.551. The highest BCUT2D eigenvalue weighted by molar-refractivity contribution is 5.90. The van der Waals surface area contributed by atoms with E-state index in [4.69, 9.17) is 5.73 Å². The van der Waals surface area contributed by atoms with Crippen LogP contribution in [0.5, 0.6) is 0 Å². The van der Waals surface area contributed by atoms with Crippen molar-refractivity contribution < 1.29 is 4.79 Å². The number of hydrogen-bond acceptors (Lipinski definition) is 5. The number of rotatable bonds is 6. The van der Waals surface area contributed by atoms with Gasteiger partial charge in [-0.15, -0.1) is 0 Å². The third-order valence-electron chi connectivity index (χ3n) is 4.38. The van der Waals surface area contributed by atoms with Gasteiger partial charge >= 0.3 is 0 Å². The van der Waals surface area contributed by atoms with Gasteiger partial charge < -0.3 is 11.2 Å². The van der Waals surface area contributed by atoms with E-state index in [0.29, 0.717) is 17.7 Å². The molecule has 4 aromatic rings. The first-order chi connectivity index (χ1) is 13.2. The molecule has 0 unspecified atom stereocenters. The van der Waals surface area contributed by atoms with Crippen LogP contribution in [-0.2, 0) is 0 Å². The van der Waals surface area contributed by atoms with Crippen LogP contribution in [0.25, 0.3) is 11.2 Å². The van der Waals surface area contributed by atoms with Crippen LogP contribution >= 0.6 is 0 Å². The van der Waals surface area contributed by atoms with E-state index in [1.165, 1.54) is 17.3 Å². The number of imidazole rings is 1. The molecular formula is C20H18N6O. The van der Waals surface area contributed by atoms with Gasteiger partial charge in [0.05, 0.1) is 6.20 Å². The average molecular weight is 358 g/mol. The van der Waals surface area contributed by atoms with Crippen molar-refractivity contribution in [1.29, 1.82) is 0 Å². The van der Waals surface area contributed by atoms with E-state index in [-0.39, 0.29) is 11.7 Å². The number of nitrogens with zero attached hydrogens (tertiary/aromatic N) is 4. The van der Waals surface area contributed by atoms with Crippen LogP contribution in [-0.4, -0.2) is 32.1 Å². The lowest BCUT2D eigenvalue weighted by molar-refractivity contribution is 0.0990. The highest BCUT2D eigenvalue weighted by Crippen LogP contribution is 2.24. The van der Waals surface area contributed by atoms with Crippen LogP contribution in [0, 0.1) is 0 Å². The van der Waals surface area contributed by atoms with E-state index < -0.39 is 5.91 Å². The minimum atomic E-state index is -0.670. The van der Waals surface area contributed by atoms with E-state index in [2.05, 4.69) is 44.6 Å². The Balaban J connectivity index is 1.64. The molecule has 0 aliphatic rings. The number of fused-ring (bicyclic) bond motifs is 1. The molecule has 7 heteroatoms. The second-order valence-electron chi connectivity index (χ2n) is 6.12. The first-order valence-electron chi connectivity index (χ1n) is 8.56. The maximum absolute atomic E-state index is 11.4. The number of hydrogen-bond donors (Lipinski definition) is 2. The molecule has 0 saturated heterocycles. The zero-order valence-electron chi connectivity index (χ0n) is 14.5. The Morgan fingerprint density at radius 3 is 2.22 bits per heavy atom. The van der Waals surface area contributed by atoms with Crippen molar-refractivity contribution >= 4 is 17.1 Å². The summed E-state index contributed by atoms with van der Waals surface area (Å²) in [5, 5.41) is 0. The third kappa shape index (κ3) is 3.48. The molecule has 2 aromatic carbocycles. The molecule has 2 heterocycles. The van der Waals surface area contributed by atoms with Crippen LogP contribution in [0.15, 0.2) is 73.2 Å². The van der Waals surface area contributed by atoms with Gasteiger partial charge in [-0.2, -0.15) is 0 Å². The number of nitrogens with one attached hydrogen (secondary N) is 1. The van der Waals surface area contributed by atoms with Crippen molar-refractivity contribution in [3.05, 3.63) is 90.1 Å². The van der Waals surface area contributed by atoms with Crippen molar-refractivity contribution in [3.63, 3.8) is 0 Å². The molecule has 0 aliphatic heterocycles. The normalized spacial score (nSPS) is 11.0. The van der Waals surface area contributed by atoms with Gasteiger partial charge in [0.1, 0.15) is 11.8 Å². The van der Waals surface area contributed by atoms with Crippen LogP contribution in [0.2, 0.25) is 0 Å². The lowest BCUT2D eigenvalue weighted by Gasteiger charge is -2.20. The molecule has 2 aromatic heterocycles. The fraction of sp³-hybridized carbons (Fsp3) is 0.100. The zero-order valence-corrected chi connectivity index (χ0v) is 14.5. The van der Waals surface area contributed by atoms with Gasteiger partial charge in [0.25, 0.3) is 5.91 Å². The summed E-state index contributed by atoms with van der Waals surface area (Å²) in [7, 11) is 0. The molecule has 134 valence electrons. The fourth-order valence-electron chi connectivity index (χ4n) is 3.03. The molecule has 27 heavy (non-hydrogen) atoms. The van der Waals surface area contributed by atoms with E-state index in [0.717, 1.165) is 0 Å². The molecule has 0 spiro atoms. The average Bonchev–Trinajstić information content (AvgIpc) is 3.12. The SMILES string of the molecule is NC(=O)c1ncc2ncn(NCC(c3ccccc3)c3ccccc3)c2n1. The molecule has 0 bridgehead atoms. The molecular weight excluding hydrogens is 340 g/mol. The Morgan fingerprint density at radius 1 is 1.00 bits per heavy atom. The maximum Gasteiger partial charge on any atom is 0.286 e. The van der Waals surface area contributed by atoms with Gasteiger partial charge in [-0.05, 0) is 11.1 Å². The number of aromatic nitrogens is 4. The molecule has 0 fully saturated rings. The summed E-state index contributed by atoms with van der Waals surface area (Å²) >= 11 is 0. The molecule has 0 atom stereocenters. The predicted octanol–water partition coefficient (Wildman–Crippen LogP) is 2.30. The van der Waals surface area contributed by atoms with Gasteiger partial charge in [-0.25, -0.2) is 19.6 Å². The topological polar surface area (TPSA) is 98.7 Å². The second kappa shape index (κ2) is 7.25. The zero-order chi connectivity index (χ0) is 18.6. The molecule has 0 saturated carbocycles.